The third kappa shape index (κ3) is 2.22. The van der Waals surface area contributed by atoms with Crippen molar-refractivity contribution in [2.45, 2.75) is 18.2 Å². The Balaban J connectivity index is 1.61. The van der Waals surface area contributed by atoms with E-state index in [0.717, 1.165) is 5.56 Å². The van der Waals surface area contributed by atoms with Gasteiger partial charge in [-0.15, -0.1) is 0 Å². The fraction of sp³-hybridized carbons (Fsp3) is 0.444. The number of rotatable bonds is 5. The molecule has 4 rings (SSSR count). The fourth-order valence-corrected chi connectivity index (χ4v) is 4.17. The molecular formula is C18H18NO6-. The van der Waals surface area contributed by atoms with Gasteiger partial charge in [0.2, 0.25) is 5.91 Å². The third-order valence-corrected chi connectivity index (χ3v) is 5.31. The molecule has 2 bridgehead atoms. The Morgan fingerprint density at radius 2 is 2.20 bits per heavy atom. The van der Waals surface area contributed by atoms with Gasteiger partial charge in [-0.3, -0.25) is 4.79 Å². The lowest BCUT2D eigenvalue weighted by atomic mass is 9.77. The van der Waals surface area contributed by atoms with Crippen molar-refractivity contribution in [2.24, 2.45) is 11.8 Å². The Hall–Kier alpha value is -2.54. The molecule has 3 aliphatic rings. The van der Waals surface area contributed by atoms with E-state index in [4.69, 9.17) is 14.2 Å². The first-order chi connectivity index (χ1) is 12.0. The van der Waals surface area contributed by atoms with Gasteiger partial charge >= 0.3 is 0 Å². The third-order valence-electron chi connectivity index (χ3n) is 5.31. The highest BCUT2D eigenvalue weighted by Crippen LogP contribution is 2.52. The SMILES string of the molecule is COc1ccc(CN2C[C@@]34C=C[C@@H](O3)[C@H](C(=O)[O-])[C@@H]4C2=O)c(OC)c1. The number of likely N-dealkylation sites (tertiary alicyclic amines) is 1. The number of benzene rings is 1. The second-order valence-electron chi connectivity index (χ2n) is 6.59. The van der Waals surface area contributed by atoms with E-state index in [1.54, 1.807) is 37.3 Å². The van der Waals surface area contributed by atoms with E-state index in [2.05, 4.69) is 0 Å². The zero-order valence-electron chi connectivity index (χ0n) is 13.9. The average molecular weight is 344 g/mol. The summed E-state index contributed by atoms with van der Waals surface area (Å²) in [5, 5.41) is 11.5. The maximum absolute atomic E-state index is 12.9. The quantitative estimate of drug-likeness (QED) is 0.684. The average Bonchev–Trinajstić information content (AvgIpc) is 3.23. The minimum absolute atomic E-state index is 0.223. The molecule has 7 heteroatoms. The number of hydrogen-bond donors (Lipinski definition) is 0. The van der Waals surface area contributed by atoms with Crippen LogP contribution in [0.2, 0.25) is 0 Å². The van der Waals surface area contributed by atoms with Gasteiger partial charge in [-0.1, -0.05) is 12.2 Å². The number of fused-ring (bicyclic) bond motifs is 1. The lowest BCUT2D eigenvalue weighted by Crippen LogP contribution is -2.45. The van der Waals surface area contributed by atoms with Crippen molar-refractivity contribution in [3.05, 3.63) is 35.9 Å². The molecule has 1 spiro atoms. The van der Waals surface area contributed by atoms with Gasteiger partial charge in [-0.2, -0.15) is 0 Å². The lowest BCUT2D eigenvalue weighted by Gasteiger charge is -2.24. The summed E-state index contributed by atoms with van der Waals surface area (Å²) < 4.78 is 16.4. The molecular weight excluding hydrogens is 326 g/mol. The van der Waals surface area contributed by atoms with Crippen LogP contribution in [0.15, 0.2) is 30.4 Å². The number of hydrogen-bond acceptors (Lipinski definition) is 6. The lowest BCUT2D eigenvalue weighted by molar-refractivity contribution is -0.313. The topological polar surface area (TPSA) is 88.1 Å². The monoisotopic (exact) mass is 344 g/mol. The molecule has 3 aliphatic heterocycles. The van der Waals surface area contributed by atoms with Crippen LogP contribution in [0, 0.1) is 11.8 Å². The van der Waals surface area contributed by atoms with E-state index in [9.17, 15) is 14.7 Å². The number of carbonyl (C=O) groups is 2. The fourth-order valence-electron chi connectivity index (χ4n) is 4.17. The van der Waals surface area contributed by atoms with Crippen LogP contribution in [0.25, 0.3) is 0 Å². The molecule has 2 fully saturated rings. The van der Waals surface area contributed by atoms with Gasteiger partial charge in [-0.25, -0.2) is 0 Å². The van der Waals surface area contributed by atoms with E-state index in [1.165, 1.54) is 0 Å². The van der Waals surface area contributed by atoms with E-state index in [0.29, 0.717) is 24.6 Å². The first-order valence-electron chi connectivity index (χ1n) is 8.07. The van der Waals surface area contributed by atoms with Gasteiger partial charge in [0.25, 0.3) is 0 Å². The second-order valence-corrected chi connectivity index (χ2v) is 6.59. The molecule has 0 N–H and O–H groups in total. The molecule has 0 saturated carbocycles. The zero-order chi connectivity index (χ0) is 17.8. The Labute approximate surface area is 144 Å². The maximum atomic E-state index is 12.9. The minimum Gasteiger partial charge on any atom is -0.550 e. The highest BCUT2D eigenvalue weighted by atomic mass is 16.5. The first kappa shape index (κ1) is 16.0. The van der Waals surface area contributed by atoms with Crippen molar-refractivity contribution in [3.8, 4) is 11.5 Å². The maximum Gasteiger partial charge on any atom is 0.230 e. The standard InChI is InChI=1S/C18H19NO6/c1-23-11-4-3-10(13(7-11)24-2)8-19-9-18-6-5-12(25-18)14(17(21)22)15(18)16(19)20/h3-7,12,14-15H,8-9H2,1-2H3,(H,21,22)/p-1/t12-,14+,15-,18-/m1/s1. The van der Waals surface area contributed by atoms with Crippen LogP contribution >= 0.6 is 0 Å². The molecule has 0 radical (unpaired) electrons. The Morgan fingerprint density at radius 1 is 1.40 bits per heavy atom. The summed E-state index contributed by atoms with van der Waals surface area (Å²) in [5.74, 6) is -1.85. The van der Waals surface area contributed by atoms with Gasteiger partial charge in [0.1, 0.15) is 17.1 Å². The van der Waals surface area contributed by atoms with Gasteiger partial charge in [0.15, 0.2) is 0 Å². The number of amides is 1. The van der Waals surface area contributed by atoms with Gasteiger partial charge in [0.05, 0.1) is 32.8 Å². The van der Waals surface area contributed by atoms with Gasteiger partial charge in [0, 0.05) is 30.1 Å². The minimum atomic E-state index is -1.24. The highest BCUT2D eigenvalue weighted by molar-refractivity contribution is 5.90. The molecule has 2 saturated heterocycles. The molecule has 1 amide bonds. The van der Waals surface area contributed by atoms with Crippen molar-refractivity contribution in [1.29, 1.82) is 0 Å². The molecule has 4 atom stereocenters. The van der Waals surface area contributed by atoms with Crippen molar-refractivity contribution in [2.75, 3.05) is 20.8 Å². The molecule has 25 heavy (non-hydrogen) atoms. The number of carbonyl (C=O) groups excluding carboxylic acids is 2. The van der Waals surface area contributed by atoms with Crippen LogP contribution in [0.1, 0.15) is 5.56 Å². The Bertz CT molecular complexity index is 775. The number of nitrogens with zero attached hydrogens (tertiary/aromatic N) is 1. The smallest absolute Gasteiger partial charge is 0.230 e. The number of ether oxygens (including phenoxy) is 3. The van der Waals surface area contributed by atoms with E-state index >= 15 is 0 Å². The predicted molar refractivity (Wildman–Crippen MR) is 83.7 cm³/mol. The summed E-state index contributed by atoms with van der Waals surface area (Å²) in [5.41, 5.74) is -0.0387. The van der Waals surface area contributed by atoms with Gasteiger partial charge in [-0.05, 0) is 12.1 Å². The molecule has 3 heterocycles. The Kier molecular flexibility index (Phi) is 3.50. The highest BCUT2D eigenvalue weighted by Gasteiger charge is 2.65. The molecule has 0 aromatic heterocycles. The molecule has 7 nitrogen and oxygen atoms in total. The molecule has 1 aromatic rings. The zero-order valence-corrected chi connectivity index (χ0v) is 13.9. The molecule has 132 valence electrons. The van der Waals surface area contributed by atoms with Crippen molar-refractivity contribution >= 4 is 11.9 Å². The van der Waals surface area contributed by atoms with Crippen LogP contribution in [0.4, 0.5) is 0 Å². The van der Waals surface area contributed by atoms with E-state index in [-0.39, 0.29) is 5.91 Å². The summed E-state index contributed by atoms with van der Waals surface area (Å²) in [6.45, 7) is 0.633. The summed E-state index contributed by atoms with van der Waals surface area (Å²) in [4.78, 5) is 26.0. The second kappa shape index (κ2) is 5.49. The van der Waals surface area contributed by atoms with Crippen LogP contribution in [0.5, 0.6) is 11.5 Å². The normalized spacial score (nSPS) is 32.2. The van der Waals surface area contributed by atoms with Crippen molar-refractivity contribution < 1.29 is 28.9 Å². The first-order valence-corrected chi connectivity index (χ1v) is 8.07. The van der Waals surface area contributed by atoms with Crippen LogP contribution in [-0.4, -0.2) is 49.2 Å². The van der Waals surface area contributed by atoms with Crippen molar-refractivity contribution in [3.63, 3.8) is 0 Å². The largest absolute Gasteiger partial charge is 0.550 e. The molecule has 0 aliphatic carbocycles. The van der Waals surface area contributed by atoms with Crippen LogP contribution < -0.4 is 14.6 Å². The van der Waals surface area contributed by atoms with E-state index in [1.807, 2.05) is 12.1 Å². The Morgan fingerprint density at radius 3 is 2.88 bits per heavy atom. The number of aliphatic carboxylic acids is 1. The van der Waals surface area contributed by atoms with Crippen molar-refractivity contribution in [1.82, 2.24) is 4.90 Å². The van der Waals surface area contributed by atoms with Crippen LogP contribution in [0.3, 0.4) is 0 Å². The summed E-state index contributed by atoms with van der Waals surface area (Å²) >= 11 is 0. The predicted octanol–water partition coefficient (Wildman–Crippen LogP) is -0.264. The molecule has 1 aromatic carbocycles. The molecule has 0 unspecified atom stereocenters. The summed E-state index contributed by atoms with van der Waals surface area (Å²) in [6, 6.07) is 5.38. The summed E-state index contributed by atoms with van der Waals surface area (Å²) in [7, 11) is 3.12. The van der Waals surface area contributed by atoms with Crippen LogP contribution in [-0.2, 0) is 20.9 Å². The van der Waals surface area contributed by atoms with E-state index < -0.39 is 29.5 Å². The number of methoxy groups -OCH3 is 2. The van der Waals surface area contributed by atoms with Gasteiger partial charge < -0.3 is 29.0 Å². The number of carboxylic acids is 1. The summed E-state index contributed by atoms with van der Waals surface area (Å²) in [6.07, 6.45) is 2.98. The number of carboxylic acid groups (broad SMARTS) is 1.